The van der Waals surface area contributed by atoms with Crippen LogP contribution in [0.4, 0.5) is 0 Å². The minimum Gasteiger partial charge on any atom is -0.298 e. The Morgan fingerprint density at radius 1 is 1.36 bits per heavy atom. The van der Waals surface area contributed by atoms with Crippen LogP contribution < -0.4 is 0 Å². The maximum absolute atomic E-state index is 11.3. The van der Waals surface area contributed by atoms with Crippen molar-refractivity contribution >= 4 is 5.78 Å². The summed E-state index contributed by atoms with van der Waals surface area (Å²) in [6, 6.07) is 0.850. The smallest absolute Gasteiger partial charge is 0.146 e. The van der Waals surface area contributed by atoms with Gasteiger partial charge in [-0.15, -0.1) is 0 Å². The fourth-order valence-electron chi connectivity index (χ4n) is 2.62. The van der Waals surface area contributed by atoms with Crippen molar-refractivity contribution in [2.45, 2.75) is 38.8 Å². The summed E-state index contributed by atoms with van der Waals surface area (Å²) in [6.45, 7) is 8.33. The lowest BCUT2D eigenvalue weighted by Gasteiger charge is -2.39. The van der Waals surface area contributed by atoms with E-state index < -0.39 is 0 Å². The first-order valence-electron chi connectivity index (χ1n) is 5.67. The number of Topliss-reactive ketones (excluding diaryl/α,β-unsaturated/α-hetero) is 1. The van der Waals surface area contributed by atoms with Crippen molar-refractivity contribution in [1.82, 2.24) is 9.80 Å². The van der Waals surface area contributed by atoms with E-state index in [0.717, 1.165) is 25.7 Å². The third-order valence-corrected chi connectivity index (χ3v) is 3.75. The second-order valence-electron chi connectivity index (χ2n) is 4.61. The summed E-state index contributed by atoms with van der Waals surface area (Å²) in [5.41, 5.74) is 0. The average Bonchev–Trinajstić information content (AvgIpc) is 2.62. The number of carbonyl (C=O) groups excluding carboxylic acids is 1. The van der Waals surface area contributed by atoms with Crippen LogP contribution >= 0.6 is 0 Å². The van der Waals surface area contributed by atoms with Gasteiger partial charge in [-0.3, -0.25) is 14.6 Å². The van der Waals surface area contributed by atoms with Gasteiger partial charge in [0.05, 0.1) is 6.04 Å². The van der Waals surface area contributed by atoms with E-state index in [2.05, 4.69) is 9.80 Å². The molecule has 0 radical (unpaired) electrons. The number of hydrogen-bond acceptors (Lipinski definition) is 3. The Bertz CT molecular complexity index is 229. The Balaban J connectivity index is 1.94. The highest BCUT2D eigenvalue weighted by atomic mass is 16.1. The summed E-state index contributed by atoms with van der Waals surface area (Å²) >= 11 is 0. The zero-order valence-electron chi connectivity index (χ0n) is 9.20. The quantitative estimate of drug-likeness (QED) is 0.651. The molecule has 3 heteroatoms. The SMILES string of the molecule is CC(=O)C(C)N1CCN2CCCC2C1. The molecule has 3 nitrogen and oxygen atoms in total. The lowest BCUT2D eigenvalue weighted by molar-refractivity contribution is -0.122. The normalized spacial score (nSPS) is 31.4. The first kappa shape index (κ1) is 10.1. The van der Waals surface area contributed by atoms with Crippen molar-refractivity contribution in [3.8, 4) is 0 Å². The molecule has 2 fully saturated rings. The molecule has 0 aliphatic carbocycles. The average molecular weight is 196 g/mol. The third-order valence-electron chi connectivity index (χ3n) is 3.75. The maximum atomic E-state index is 11.3. The Kier molecular flexibility index (Phi) is 2.88. The molecule has 0 bridgehead atoms. The van der Waals surface area contributed by atoms with Crippen LogP contribution in [-0.4, -0.2) is 53.8 Å². The largest absolute Gasteiger partial charge is 0.298 e. The predicted molar refractivity (Wildman–Crippen MR) is 56.3 cm³/mol. The molecule has 2 saturated heterocycles. The van der Waals surface area contributed by atoms with E-state index in [4.69, 9.17) is 0 Å². The Labute approximate surface area is 86.1 Å². The fourth-order valence-corrected chi connectivity index (χ4v) is 2.62. The topological polar surface area (TPSA) is 23.6 Å². The van der Waals surface area contributed by atoms with E-state index in [-0.39, 0.29) is 6.04 Å². The molecule has 0 aromatic rings. The minimum atomic E-state index is 0.123. The molecule has 2 atom stereocenters. The second-order valence-corrected chi connectivity index (χ2v) is 4.61. The molecule has 80 valence electrons. The first-order chi connectivity index (χ1) is 6.68. The summed E-state index contributed by atoms with van der Waals surface area (Å²) in [5, 5.41) is 0. The van der Waals surface area contributed by atoms with Gasteiger partial charge in [-0.1, -0.05) is 0 Å². The molecule has 0 saturated carbocycles. The van der Waals surface area contributed by atoms with Gasteiger partial charge in [0.15, 0.2) is 0 Å². The van der Waals surface area contributed by atoms with Crippen LogP contribution in [0.1, 0.15) is 26.7 Å². The van der Waals surface area contributed by atoms with Gasteiger partial charge < -0.3 is 0 Å². The monoisotopic (exact) mass is 196 g/mol. The molecule has 0 aromatic heterocycles. The van der Waals surface area contributed by atoms with E-state index in [0.29, 0.717) is 5.78 Å². The Hall–Kier alpha value is -0.410. The molecule has 2 rings (SSSR count). The van der Waals surface area contributed by atoms with Crippen LogP contribution in [0.3, 0.4) is 0 Å². The molecule has 2 heterocycles. The van der Waals surface area contributed by atoms with Gasteiger partial charge >= 0.3 is 0 Å². The number of nitrogens with zero attached hydrogens (tertiary/aromatic N) is 2. The van der Waals surface area contributed by atoms with Gasteiger partial charge in [-0.25, -0.2) is 0 Å². The number of rotatable bonds is 2. The van der Waals surface area contributed by atoms with Gasteiger partial charge in [0, 0.05) is 25.7 Å². The molecule has 14 heavy (non-hydrogen) atoms. The number of piperazine rings is 1. The Morgan fingerprint density at radius 3 is 2.86 bits per heavy atom. The van der Waals surface area contributed by atoms with E-state index >= 15 is 0 Å². The predicted octanol–water partition coefficient (Wildman–Crippen LogP) is 0.744. The molecule has 2 aliphatic heterocycles. The lowest BCUT2D eigenvalue weighted by Crippen LogP contribution is -2.54. The van der Waals surface area contributed by atoms with Gasteiger partial charge in [0.25, 0.3) is 0 Å². The molecule has 0 amide bonds. The van der Waals surface area contributed by atoms with Crippen molar-refractivity contribution in [3.05, 3.63) is 0 Å². The van der Waals surface area contributed by atoms with E-state index in [1.54, 1.807) is 6.92 Å². The van der Waals surface area contributed by atoms with E-state index in [1.807, 2.05) is 6.92 Å². The van der Waals surface area contributed by atoms with Crippen molar-refractivity contribution in [3.63, 3.8) is 0 Å². The number of hydrogen-bond donors (Lipinski definition) is 0. The van der Waals surface area contributed by atoms with Crippen LogP contribution in [0.2, 0.25) is 0 Å². The van der Waals surface area contributed by atoms with Crippen LogP contribution in [0.5, 0.6) is 0 Å². The molecular weight excluding hydrogens is 176 g/mol. The lowest BCUT2D eigenvalue weighted by atomic mass is 10.1. The van der Waals surface area contributed by atoms with Gasteiger partial charge in [0.1, 0.15) is 5.78 Å². The minimum absolute atomic E-state index is 0.123. The molecule has 0 spiro atoms. The van der Waals surface area contributed by atoms with Gasteiger partial charge in [-0.05, 0) is 33.2 Å². The molecule has 0 aromatic carbocycles. The van der Waals surface area contributed by atoms with E-state index in [9.17, 15) is 4.79 Å². The van der Waals surface area contributed by atoms with Crippen LogP contribution in [0.15, 0.2) is 0 Å². The number of carbonyl (C=O) groups is 1. The van der Waals surface area contributed by atoms with Crippen molar-refractivity contribution < 1.29 is 4.79 Å². The standard InChI is InChI=1S/C11H20N2O/c1-9(10(2)14)13-7-6-12-5-3-4-11(12)8-13/h9,11H,3-8H2,1-2H3. The molecule has 2 aliphatic rings. The fraction of sp³-hybridized carbons (Fsp3) is 0.909. The number of ketones is 1. The van der Waals surface area contributed by atoms with Crippen LogP contribution in [0.25, 0.3) is 0 Å². The van der Waals surface area contributed by atoms with E-state index in [1.165, 1.54) is 19.4 Å². The van der Waals surface area contributed by atoms with Crippen molar-refractivity contribution in [2.24, 2.45) is 0 Å². The highest BCUT2D eigenvalue weighted by molar-refractivity contribution is 5.80. The molecular formula is C11H20N2O. The Morgan fingerprint density at radius 2 is 2.14 bits per heavy atom. The zero-order valence-corrected chi connectivity index (χ0v) is 9.20. The van der Waals surface area contributed by atoms with Crippen LogP contribution in [0, 0.1) is 0 Å². The van der Waals surface area contributed by atoms with Gasteiger partial charge in [0.2, 0.25) is 0 Å². The summed E-state index contributed by atoms with van der Waals surface area (Å²) in [7, 11) is 0. The van der Waals surface area contributed by atoms with Crippen molar-refractivity contribution in [2.75, 3.05) is 26.2 Å². The maximum Gasteiger partial charge on any atom is 0.146 e. The highest BCUT2D eigenvalue weighted by Crippen LogP contribution is 2.22. The second kappa shape index (κ2) is 3.99. The zero-order chi connectivity index (χ0) is 10.1. The third kappa shape index (κ3) is 1.84. The van der Waals surface area contributed by atoms with Gasteiger partial charge in [-0.2, -0.15) is 0 Å². The van der Waals surface area contributed by atoms with Crippen molar-refractivity contribution in [1.29, 1.82) is 0 Å². The summed E-state index contributed by atoms with van der Waals surface area (Å²) in [5.74, 6) is 0.302. The number of fused-ring (bicyclic) bond motifs is 1. The first-order valence-corrected chi connectivity index (χ1v) is 5.67. The molecule has 2 unspecified atom stereocenters. The summed E-state index contributed by atoms with van der Waals surface area (Å²) in [4.78, 5) is 16.2. The summed E-state index contributed by atoms with van der Waals surface area (Å²) < 4.78 is 0. The highest BCUT2D eigenvalue weighted by Gasteiger charge is 2.32. The van der Waals surface area contributed by atoms with Crippen LogP contribution in [-0.2, 0) is 4.79 Å². The summed E-state index contributed by atoms with van der Waals surface area (Å²) in [6.07, 6.45) is 2.66. The molecule has 0 N–H and O–H groups in total.